The number of carbonyl (C=O) groups is 2. The molecule has 0 fully saturated rings. The Bertz CT molecular complexity index is 407. The zero-order chi connectivity index (χ0) is 13.2. The van der Waals surface area contributed by atoms with Gasteiger partial charge >= 0.3 is 109 Å². The number of hydrogen-bond acceptors (Lipinski definition) is 4. The van der Waals surface area contributed by atoms with Crippen LogP contribution in [0.15, 0.2) is 30.9 Å². The number of esters is 2. The number of ether oxygens (including phenoxy) is 2. The molecule has 1 rings (SSSR count). The minimum absolute atomic E-state index is 0. The molecule has 0 bridgehead atoms. The van der Waals surface area contributed by atoms with E-state index in [4.69, 9.17) is 9.47 Å². The van der Waals surface area contributed by atoms with Crippen molar-refractivity contribution in [2.24, 2.45) is 0 Å². The fourth-order valence-corrected chi connectivity index (χ4v) is 1.15. The van der Waals surface area contributed by atoms with Gasteiger partial charge in [-0.3, -0.25) is 30.3 Å². The first-order chi connectivity index (χ1) is 8.74. The van der Waals surface area contributed by atoms with Crippen LogP contribution in [-0.2, 0) is 14.3 Å². The summed E-state index contributed by atoms with van der Waals surface area (Å²) in [6.45, 7) is 3.87. The smallest absolute Gasteiger partial charge is 0.514 e. The molecular weight excluding hydrogens is 310 g/mol. The van der Waals surface area contributed by atoms with Crippen LogP contribution in [0, 0.1) is 12.1 Å². The van der Waals surface area contributed by atoms with Crippen LogP contribution >= 0.6 is 0 Å². The Morgan fingerprint density at radius 1 is 1.15 bits per heavy atom. The third-order valence-corrected chi connectivity index (χ3v) is 2.05. The van der Waals surface area contributed by atoms with E-state index in [9.17, 15) is 9.59 Å². The second-order valence-corrected chi connectivity index (χ2v) is 3.42. The number of hydrogen-bond donors (Lipinski definition) is 0. The van der Waals surface area contributed by atoms with Crippen LogP contribution in [0.5, 0.6) is 0 Å². The maximum Gasteiger partial charge on any atom is 1.00 e. The summed E-state index contributed by atoms with van der Waals surface area (Å²) in [4.78, 5) is 22.2. The molecule has 0 saturated carbocycles. The van der Waals surface area contributed by atoms with E-state index in [1.54, 1.807) is 12.1 Å². The third-order valence-electron chi connectivity index (χ3n) is 2.05. The zero-order valence-corrected chi connectivity index (χ0v) is 18.2. The average molecular weight is 324 g/mol. The van der Waals surface area contributed by atoms with Crippen molar-refractivity contribution in [3.63, 3.8) is 0 Å². The summed E-state index contributed by atoms with van der Waals surface area (Å²) < 4.78 is 9.78. The minimum Gasteiger partial charge on any atom is -0.514 e. The predicted octanol–water partition coefficient (Wildman–Crippen LogP) is -4.04. The molecule has 0 N–H and O–H groups in total. The first-order valence-electron chi connectivity index (χ1n) is 5.58. The molecule has 96 valence electrons. The van der Waals surface area contributed by atoms with Crippen molar-refractivity contribution in [2.75, 3.05) is 13.2 Å². The van der Waals surface area contributed by atoms with Gasteiger partial charge in [0.2, 0.25) is 0 Å². The van der Waals surface area contributed by atoms with Crippen molar-refractivity contribution in [2.45, 2.75) is 12.8 Å². The van der Waals surface area contributed by atoms with Crippen molar-refractivity contribution >= 4 is 11.9 Å². The van der Waals surface area contributed by atoms with Crippen LogP contribution in [0.1, 0.15) is 23.2 Å². The Kier molecular flexibility index (Phi) is 17.7. The van der Waals surface area contributed by atoms with Gasteiger partial charge in [0.25, 0.3) is 0 Å². The van der Waals surface area contributed by atoms with Crippen molar-refractivity contribution in [3.05, 3.63) is 48.6 Å². The normalized spacial score (nSPS) is 8.60. The van der Waals surface area contributed by atoms with Gasteiger partial charge in [0.05, 0.1) is 13.2 Å². The molecule has 0 aliphatic rings. The van der Waals surface area contributed by atoms with E-state index >= 15 is 0 Å². The van der Waals surface area contributed by atoms with Crippen molar-refractivity contribution in [3.8, 4) is 0 Å². The molecule has 0 atom stereocenters. The van der Waals surface area contributed by atoms with E-state index in [1.165, 1.54) is 6.07 Å². The van der Waals surface area contributed by atoms with Crippen LogP contribution in [0.25, 0.3) is 0 Å². The predicted molar refractivity (Wildman–Crippen MR) is 64.8 cm³/mol. The van der Waals surface area contributed by atoms with Crippen LogP contribution in [0.3, 0.4) is 0 Å². The van der Waals surface area contributed by atoms with Gasteiger partial charge in [-0.1, -0.05) is 6.58 Å². The number of unbranched alkanes of at least 4 members (excludes halogenated alkanes) is 1. The molecule has 0 aromatic heterocycles. The van der Waals surface area contributed by atoms with E-state index in [0.717, 1.165) is 6.08 Å². The van der Waals surface area contributed by atoms with Crippen molar-refractivity contribution in [1.82, 2.24) is 0 Å². The van der Waals surface area contributed by atoms with Gasteiger partial charge < -0.3 is 14.3 Å². The first-order valence-corrected chi connectivity index (χ1v) is 5.58. The monoisotopic (exact) mass is 324 g/mol. The third kappa shape index (κ3) is 10.8. The summed E-state index contributed by atoms with van der Waals surface area (Å²) >= 11 is 0. The molecule has 1 aromatic rings. The van der Waals surface area contributed by atoms with Gasteiger partial charge in [0.15, 0.2) is 5.97 Å². The van der Waals surface area contributed by atoms with E-state index < -0.39 is 11.9 Å². The summed E-state index contributed by atoms with van der Waals surface area (Å²) in [5.74, 6) is -0.864. The quantitative estimate of drug-likeness (QED) is 0.168. The summed E-state index contributed by atoms with van der Waals surface area (Å²) in [5.41, 5.74) is 0.357. The standard InChI is InChI=1S/C14H14O4.2K/c1-2-13(15)17-10-6-7-11-18-14(16)12-8-4-3-5-9-12;;/h2-4,9H,1,6-7,10-11H2;;/q-2;2*+1. The van der Waals surface area contributed by atoms with Crippen LogP contribution in [-0.4, -0.2) is 25.2 Å². The largest absolute Gasteiger partial charge is 1.00 e. The van der Waals surface area contributed by atoms with Gasteiger partial charge in [0, 0.05) is 6.08 Å². The SMILES string of the molecule is C=CC(=O)OCCCCOC(=O)c1[c-]cc[c-]c1.[K+].[K+]. The average Bonchev–Trinajstić information content (AvgIpc) is 2.43. The second-order valence-electron chi connectivity index (χ2n) is 3.42. The Balaban J connectivity index is 0. The topological polar surface area (TPSA) is 52.6 Å². The Labute approximate surface area is 204 Å². The molecule has 1 aromatic carbocycles. The molecule has 4 nitrogen and oxygen atoms in total. The van der Waals surface area contributed by atoms with Gasteiger partial charge in [0.1, 0.15) is 0 Å². The minimum atomic E-state index is -0.443. The summed E-state index contributed by atoms with van der Waals surface area (Å²) in [7, 11) is 0. The molecule has 0 amide bonds. The fourth-order valence-electron chi connectivity index (χ4n) is 1.15. The zero-order valence-electron chi connectivity index (χ0n) is 12.0. The van der Waals surface area contributed by atoms with Gasteiger partial charge in [-0.25, -0.2) is 4.79 Å². The molecule has 0 unspecified atom stereocenters. The van der Waals surface area contributed by atoms with Gasteiger partial charge in [-0.15, -0.1) is 0 Å². The van der Waals surface area contributed by atoms with Crippen LogP contribution in [0.4, 0.5) is 0 Å². The molecule has 0 aliphatic carbocycles. The fraction of sp³-hybridized carbons (Fsp3) is 0.286. The maximum absolute atomic E-state index is 11.5. The van der Waals surface area contributed by atoms with Crippen molar-refractivity contribution < 1.29 is 122 Å². The number of rotatable bonds is 7. The van der Waals surface area contributed by atoms with E-state index in [1.807, 2.05) is 0 Å². The van der Waals surface area contributed by atoms with Crippen molar-refractivity contribution in [1.29, 1.82) is 0 Å². The molecule has 0 heterocycles. The molecule has 0 aliphatic heterocycles. The number of benzene rings is 1. The van der Waals surface area contributed by atoms with E-state index in [2.05, 4.69) is 18.7 Å². The first kappa shape index (κ1) is 23.4. The molecule has 6 heteroatoms. The molecule has 0 radical (unpaired) electrons. The summed E-state index contributed by atoms with van der Waals surface area (Å²) in [6.07, 6.45) is 2.38. The Morgan fingerprint density at radius 3 is 2.35 bits per heavy atom. The van der Waals surface area contributed by atoms with Crippen LogP contribution in [0.2, 0.25) is 0 Å². The van der Waals surface area contributed by atoms with E-state index in [-0.39, 0.29) is 109 Å². The molecule has 0 saturated heterocycles. The maximum atomic E-state index is 11.5. The Morgan fingerprint density at radius 2 is 1.80 bits per heavy atom. The number of carbonyl (C=O) groups excluding carboxylic acids is 2. The summed E-state index contributed by atoms with van der Waals surface area (Å²) in [6, 6.07) is 10.3. The summed E-state index contributed by atoms with van der Waals surface area (Å²) in [5, 5.41) is 0. The van der Waals surface area contributed by atoms with Crippen LogP contribution < -0.4 is 103 Å². The molecule has 0 spiro atoms. The Hall–Kier alpha value is 1.17. The van der Waals surface area contributed by atoms with E-state index in [0.29, 0.717) is 25.0 Å². The second kappa shape index (κ2) is 15.1. The van der Waals surface area contributed by atoms with Gasteiger partial charge in [-0.05, 0) is 12.8 Å². The molecular formula is C14H14K2O4. The molecule has 20 heavy (non-hydrogen) atoms. The van der Waals surface area contributed by atoms with Gasteiger partial charge in [-0.2, -0.15) is 5.56 Å².